The van der Waals surface area contributed by atoms with Gasteiger partial charge in [-0.2, -0.15) is 0 Å². The monoisotopic (exact) mass is 530 g/mol. The number of carbonyl (C=O) groups excluding carboxylic acids is 5. The van der Waals surface area contributed by atoms with Crippen LogP contribution in [0.15, 0.2) is 24.3 Å². The summed E-state index contributed by atoms with van der Waals surface area (Å²) in [7, 11) is 0. The molecule has 172 valence electrons. The van der Waals surface area contributed by atoms with Crippen molar-refractivity contribution in [3.8, 4) is 0 Å². The standard InChI is InChI=1S/C21H14Cl4N2O6/c1-8(21(32)33-7-12(29)26-11-5-3-4-10(6-11)9(2)28)27-19(30)13-14(20(27)31)16(23)18(25)17(24)15(13)22/h3-6,8H,7H2,1-2H3,(H,26,29)/t8-/m0/s1. The van der Waals surface area contributed by atoms with E-state index >= 15 is 0 Å². The van der Waals surface area contributed by atoms with Gasteiger partial charge in [0.2, 0.25) is 0 Å². The molecule has 1 aliphatic rings. The van der Waals surface area contributed by atoms with Gasteiger partial charge in [0.1, 0.15) is 6.04 Å². The predicted molar refractivity (Wildman–Crippen MR) is 122 cm³/mol. The summed E-state index contributed by atoms with van der Waals surface area (Å²) in [6.07, 6.45) is 0. The van der Waals surface area contributed by atoms with E-state index in [0.29, 0.717) is 16.2 Å². The topological polar surface area (TPSA) is 110 Å². The van der Waals surface area contributed by atoms with Crippen LogP contribution in [0.4, 0.5) is 5.69 Å². The van der Waals surface area contributed by atoms with E-state index in [1.54, 1.807) is 18.2 Å². The SMILES string of the molecule is CC(=O)c1cccc(NC(=O)COC(=O)[C@H](C)N2C(=O)c3c(Cl)c(Cl)c(Cl)c(Cl)c3C2=O)c1. The summed E-state index contributed by atoms with van der Waals surface area (Å²) in [4.78, 5) is 62.2. The second-order valence-corrected chi connectivity index (χ2v) is 8.47. The highest BCUT2D eigenvalue weighted by Gasteiger charge is 2.45. The minimum atomic E-state index is -1.41. The minimum Gasteiger partial charge on any atom is -0.454 e. The molecule has 1 N–H and O–H groups in total. The molecule has 0 aromatic heterocycles. The maximum absolute atomic E-state index is 12.8. The Morgan fingerprint density at radius 3 is 2.03 bits per heavy atom. The van der Waals surface area contributed by atoms with Crippen molar-refractivity contribution in [2.45, 2.75) is 19.9 Å². The van der Waals surface area contributed by atoms with Crippen LogP contribution in [-0.2, 0) is 14.3 Å². The number of benzene rings is 2. The average Bonchev–Trinajstić information content (AvgIpc) is 3.04. The van der Waals surface area contributed by atoms with Gasteiger partial charge in [-0.15, -0.1) is 0 Å². The van der Waals surface area contributed by atoms with Gasteiger partial charge in [0.25, 0.3) is 17.7 Å². The molecule has 0 aliphatic carbocycles. The molecule has 0 saturated carbocycles. The molecular formula is C21H14Cl4N2O6. The number of halogens is 4. The molecule has 0 fully saturated rings. The van der Waals surface area contributed by atoms with E-state index in [4.69, 9.17) is 51.1 Å². The van der Waals surface area contributed by atoms with Crippen molar-refractivity contribution in [1.29, 1.82) is 0 Å². The number of ether oxygens (including phenoxy) is 1. The maximum atomic E-state index is 12.8. The number of amides is 3. The van der Waals surface area contributed by atoms with Crippen LogP contribution in [0.2, 0.25) is 20.1 Å². The van der Waals surface area contributed by atoms with E-state index in [1.165, 1.54) is 19.9 Å². The van der Waals surface area contributed by atoms with E-state index in [1.807, 2.05) is 0 Å². The number of ketones is 1. The number of fused-ring (bicyclic) bond motifs is 1. The third kappa shape index (κ3) is 4.70. The Labute approximate surface area is 207 Å². The number of nitrogens with zero attached hydrogens (tertiary/aromatic N) is 1. The second kappa shape index (κ2) is 9.69. The molecule has 1 heterocycles. The van der Waals surface area contributed by atoms with Gasteiger partial charge in [-0.25, -0.2) is 4.79 Å². The summed E-state index contributed by atoms with van der Waals surface area (Å²) < 4.78 is 4.95. The second-order valence-electron chi connectivity index (χ2n) is 6.96. The van der Waals surface area contributed by atoms with E-state index in [2.05, 4.69) is 5.32 Å². The number of nitrogens with one attached hydrogen (secondary N) is 1. The molecule has 12 heteroatoms. The van der Waals surface area contributed by atoms with E-state index < -0.39 is 36.3 Å². The van der Waals surface area contributed by atoms with Crippen LogP contribution in [0.3, 0.4) is 0 Å². The number of anilines is 1. The first kappa shape index (κ1) is 25.0. The molecule has 2 aromatic carbocycles. The highest BCUT2D eigenvalue weighted by molar-refractivity contribution is 6.55. The van der Waals surface area contributed by atoms with Gasteiger partial charge < -0.3 is 10.1 Å². The first-order valence-corrected chi connectivity index (χ1v) is 10.8. The number of imide groups is 1. The van der Waals surface area contributed by atoms with E-state index in [9.17, 15) is 24.0 Å². The van der Waals surface area contributed by atoms with Crippen molar-refractivity contribution in [2.24, 2.45) is 0 Å². The van der Waals surface area contributed by atoms with E-state index in [0.717, 1.165) is 0 Å². The Kier molecular flexibility index (Phi) is 7.33. The Balaban J connectivity index is 1.70. The highest BCUT2D eigenvalue weighted by Crippen LogP contribution is 2.45. The molecule has 2 aromatic rings. The molecular weight excluding hydrogens is 518 g/mol. The van der Waals surface area contributed by atoms with Crippen LogP contribution < -0.4 is 5.32 Å². The third-order valence-corrected chi connectivity index (χ3v) is 6.56. The van der Waals surface area contributed by atoms with Crippen LogP contribution in [0.25, 0.3) is 0 Å². The fourth-order valence-electron chi connectivity index (χ4n) is 3.09. The van der Waals surface area contributed by atoms with Crippen molar-refractivity contribution in [2.75, 3.05) is 11.9 Å². The molecule has 0 unspecified atom stereocenters. The fraction of sp³-hybridized carbons (Fsp3) is 0.190. The minimum absolute atomic E-state index is 0.185. The lowest BCUT2D eigenvalue weighted by molar-refractivity contribution is -0.150. The zero-order chi connectivity index (χ0) is 24.6. The molecule has 8 nitrogen and oxygen atoms in total. The summed E-state index contributed by atoms with van der Waals surface area (Å²) >= 11 is 24.1. The van der Waals surface area contributed by atoms with Crippen molar-refractivity contribution in [3.05, 3.63) is 61.0 Å². The summed E-state index contributed by atoms with van der Waals surface area (Å²) in [5.74, 6) is -3.72. The lowest BCUT2D eigenvalue weighted by Crippen LogP contribution is -2.44. The number of Topliss-reactive ketones (excluding diaryl/α,β-unsaturated/α-hetero) is 1. The number of hydrogen-bond donors (Lipinski definition) is 1. The molecule has 0 spiro atoms. The van der Waals surface area contributed by atoms with Gasteiger partial charge in [-0.1, -0.05) is 58.5 Å². The zero-order valence-corrected chi connectivity index (χ0v) is 20.0. The van der Waals surface area contributed by atoms with Gasteiger partial charge in [-0.3, -0.25) is 24.1 Å². The first-order valence-electron chi connectivity index (χ1n) is 9.27. The number of rotatable bonds is 6. The van der Waals surface area contributed by atoms with Gasteiger partial charge in [0, 0.05) is 11.3 Å². The molecule has 3 amide bonds. The molecule has 0 saturated heterocycles. The van der Waals surface area contributed by atoms with Crippen molar-refractivity contribution < 1.29 is 28.7 Å². The predicted octanol–water partition coefficient (Wildman–Crippen LogP) is 4.67. The van der Waals surface area contributed by atoms with Crippen molar-refractivity contribution in [3.63, 3.8) is 0 Å². The van der Waals surface area contributed by atoms with Crippen LogP contribution in [0, 0.1) is 0 Å². The Morgan fingerprint density at radius 2 is 1.52 bits per heavy atom. The van der Waals surface area contributed by atoms with Crippen molar-refractivity contribution >= 4 is 81.6 Å². The van der Waals surface area contributed by atoms with Crippen LogP contribution in [0.5, 0.6) is 0 Å². The highest BCUT2D eigenvalue weighted by atomic mass is 35.5. The van der Waals surface area contributed by atoms with Crippen LogP contribution in [0.1, 0.15) is 44.9 Å². The largest absolute Gasteiger partial charge is 0.454 e. The Hall–Kier alpha value is -2.65. The van der Waals surface area contributed by atoms with E-state index in [-0.39, 0.29) is 37.0 Å². The zero-order valence-electron chi connectivity index (χ0n) is 17.0. The first-order chi connectivity index (χ1) is 15.5. The lowest BCUT2D eigenvalue weighted by atomic mass is 10.1. The average molecular weight is 532 g/mol. The number of hydrogen-bond acceptors (Lipinski definition) is 6. The summed E-state index contributed by atoms with van der Waals surface area (Å²) in [6, 6.07) is 4.78. The van der Waals surface area contributed by atoms with Gasteiger partial charge in [-0.05, 0) is 26.0 Å². The molecule has 3 rings (SSSR count). The Morgan fingerprint density at radius 1 is 0.970 bits per heavy atom. The maximum Gasteiger partial charge on any atom is 0.329 e. The van der Waals surface area contributed by atoms with Crippen LogP contribution in [-0.4, -0.2) is 47.0 Å². The number of carbonyl (C=O) groups is 5. The summed E-state index contributed by atoms with van der Waals surface area (Å²) in [5, 5.41) is 1.54. The van der Waals surface area contributed by atoms with Gasteiger partial charge in [0.05, 0.1) is 31.2 Å². The molecule has 1 atom stereocenters. The van der Waals surface area contributed by atoms with Gasteiger partial charge in [0.15, 0.2) is 12.4 Å². The van der Waals surface area contributed by atoms with Crippen molar-refractivity contribution in [1.82, 2.24) is 4.90 Å². The normalized spacial score (nSPS) is 13.6. The summed E-state index contributed by atoms with van der Waals surface area (Å²) in [6.45, 7) is 1.92. The summed E-state index contributed by atoms with van der Waals surface area (Å²) in [5.41, 5.74) is 0.171. The third-order valence-electron chi connectivity index (χ3n) is 4.76. The molecule has 0 radical (unpaired) electrons. The smallest absolute Gasteiger partial charge is 0.329 e. The fourth-order valence-corrected chi connectivity index (χ4v) is 4.11. The Bertz CT molecular complexity index is 1180. The number of esters is 1. The van der Waals surface area contributed by atoms with Crippen LogP contribution >= 0.6 is 46.4 Å². The molecule has 0 bridgehead atoms. The molecule has 33 heavy (non-hydrogen) atoms. The molecule has 1 aliphatic heterocycles. The quantitative estimate of drug-likeness (QED) is 0.191. The lowest BCUT2D eigenvalue weighted by Gasteiger charge is -2.20. The van der Waals surface area contributed by atoms with Gasteiger partial charge >= 0.3 is 5.97 Å².